The van der Waals surface area contributed by atoms with Gasteiger partial charge >= 0.3 is 5.97 Å². The first-order chi connectivity index (χ1) is 9.99. The summed E-state index contributed by atoms with van der Waals surface area (Å²) in [7, 11) is 0. The first-order valence-electron chi connectivity index (χ1n) is 6.16. The lowest BCUT2D eigenvalue weighted by molar-refractivity contribution is 0.0697. The Morgan fingerprint density at radius 3 is 2.76 bits per heavy atom. The van der Waals surface area contributed by atoms with Gasteiger partial charge in [-0.1, -0.05) is 17.7 Å². The number of rotatable bonds is 2. The molecule has 21 heavy (non-hydrogen) atoms. The number of hydrogen-bond donors (Lipinski definition) is 1. The molecule has 0 atom stereocenters. The van der Waals surface area contributed by atoms with E-state index >= 15 is 0 Å². The Morgan fingerprint density at radius 1 is 1.33 bits per heavy atom. The van der Waals surface area contributed by atoms with E-state index in [1.54, 1.807) is 19.1 Å². The molecule has 1 N–H and O–H groups in total. The molecular formula is C15H10ClFN2O2. The van der Waals surface area contributed by atoms with Crippen LogP contribution >= 0.6 is 11.6 Å². The number of aryl methyl sites for hydroxylation is 1. The maximum atomic E-state index is 14.1. The van der Waals surface area contributed by atoms with Gasteiger partial charge in [0.15, 0.2) is 0 Å². The lowest BCUT2D eigenvalue weighted by Crippen LogP contribution is -2.02. The van der Waals surface area contributed by atoms with Crippen LogP contribution in [-0.2, 0) is 0 Å². The molecule has 6 heteroatoms. The van der Waals surface area contributed by atoms with Crippen LogP contribution in [0.1, 0.15) is 16.2 Å². The molecule has 106 valence electrons. The number of carboxylic acid groups (broad SMARTS) is 1. The number of fused-ring (bicyclic) bond motifs is 1. The van der Waals surface area contributed by atoms with Gasteiger partial charge in [-0.3, -0.25) is 4.57 Å². The van der Waals surface area contributed by atoms with Crippen LogP contribution in [0, 0.1) is 12.7 Å². The number of carbonyl (C=O) groups is 1. The van der Waals surface area contributed by atoms with Gasteiger partial charge in [0, 0.05) is 0 Å². The topological polar surface area (TPSA) is 55.1 Å². The second-order valence-corrected chi connectivity index (χ2v) is 4.98. The number of nitrogens with zero attached hydrogens (tertiary/aromatic N) is 2. The molecule has 1 aromatic heterocycles. The number of carboxylic acids is 1. The van der Waals surface area contributed by atoms with E-state index in [4.69, 9.17) is 16.7 Å². The minimum absolute atomic E-state index is 0.108. The normalized spacial score (nSPS) is 11.0. The average molecular weight is 305 g/mol. The molecule has 3 aromatic rings. The predicted molar refractivity (Wildman–Crippen MR) is 77.7 cm³/mol. The molecule has 0 amide bonds. The van der Waals surface area contributed by atoms with Gasteiger partial charge in [0.2, 0.25) is 0 Å². The van der Waals surface area contributed by atoms with Crippen LogP contribution in [0.4, 0.5) is 4.39 Å². The summed E-state index contributed by atoms with van der Waals surface area (Å²) in [6.45, 7) is 1.71. The SMILES string of the molecule is Cc1nc2ccc(C(=O)O)cc2n1-c1c(F)cccc1Cl. The first-order valence-corrected chi connectivity index (χ1v) is 6.53. The third kappa shape index (κ3) is 2.15. The molecule has 0 bridgehead atoms. The van der Waals surface area contributed by atoms with Crippen molar-refractivity contribution in [3.63, 3.8) is 0 Å². The first kappa shape index (κ1) is 13.6. The Morgan fingerprint density at radius 2 is 2.10 bits per heavy atom. The van der Waals surface area contributed by atoms with E-state index in [1.165, 1.54) is 28.8 Å². The predicted octanol–water partition coefficient (Wildman–Crippen LogP) is 3.82. The fourth-order valence-corrected chi connectivity index (χ4v) is 2.56. The van der Waals surface area contributed by atoms with Gasteiger partial charge in [-0.25, -0.2) is 14.2 Å². The second kappa shape index (κ2) is 4.86. The Balaban J connectivity index is 2.39. The van der Waals surface area contributed by atoms with Crippen LogP contribution in [-0.4, -0.2) is 20.6 Å². The van der Waals surface area contributed by atoms with E-state index < -0.39 is 11.8 Å². The fourth-order valence-electron chi connectivity index (χ4n) is 2.31. The summed E-state index contributed by atoms with van der Waals surface area (Å²) in [6.07, 6.45) is 0. The van der Waals surface area contributed by atoms with Crippen molar-refractivity contribution in [3.8, 4) is 5.69 Å². The third-order valence-electron chi connectivity index (χ3n) is 3.23. The maximum absolute atomic E-state index is 14.1. The van der Waals surface area contributed by atoms with Gasteiger partial charge in [-0.2, -0.15) is 0 Å². The number of aromatic nitrogens is 2. The van der Waals surface area contributed by atoms with Gasteiger partial charge in [0.25, 0.3) is 0 Å². The van der Waals surface area contributed by atoms with Gasteiger partial charge in [-0.05, 0) is 37.3 Å². The maximum Gasteiger partial charge on any atom is 0.335 e. The second-order valence-electron chi connectivity index (χ2n) is 4.57. The monoisotopic (exact) mass is 304 g/mol. The van der Waals surface area contributed by atoms with Crippen molar-refractivity contribution < 1.29 is 14.3 Å². The standard InChI is InChI=1S/C15H10ClFN2O2/c1-8-18-12-6-5-9(15(20)21)7-13(12)19(8)14-10(16)3-2-4-11(14)17/h2-7H,1H3,(H,20,21). The van der Waals surface area contributed by atoms with Crippen molar-refractivity contribution in [2.24, 2.45) is 0 Å². The van der Waals surface area contributed by atoms with Gasteiger partial charge in [0.1, 0.15) is 17.3 Å². The van der Waals surface area contributed by atoms with Crippen molar-refractivity contribution >= 4 is 28.6 Å². The highest BCUT2D eigenvalue weighted by Gasteiger charge is 2.17. The van der Waals surface area contributed by atoms with E-state index in [0.717, 1.165) is 0 Å². The van der Waals surface area contributed by atoms with Gasteiger partial charge in [0.05, 0.1) is 21.6 Å². The lowest BCUT2D eigenvalue weighted by atomic mass is 10.2. The quantitative estimate of drug-likeness (QED) is 0.783. The molecule has 0 spiro atoms. The highest BCUT2D eigenvalue weighted by atomic mass is 35.5. The summed E-state index contributed by atoms with van der Waals surface area (Å²) in [6, 6.07) is 8.90. The fraction of sp³-hybridized carbons (Fsp3) is 0.0667. The van der Waals surface area contributed by atoms with Crippen molar-refractivity contribution in [2.75, 3.05) is 0 Å². The summed E-state index contributed by atoms with van der Waals surface area (Å²) < 4.78 is 15.7. The zero-order valence-corrected chi connectivity index (χ0v) is 11.7. The van der Waals surface area contributed by atoms with Crippen LogP contribution in [0.2, 0.25) is 5.02 Å². The number of halogens is 2. The van der Waals surface area contributed by atoms with Crippen molar-refractivity contribution in [1.82, 2.24) is 9.55 Å². The molecule has 0 aliphatic rings. The molecule has 0 fully saturated rings. The van der Waals surface area contributed by atoms with E-state index in [0.29, 0.717) is 16.9 Å². The summed E-state index contributed by atoms with van der Waals surface area (Å²) in [5.41, 5.74) is 1.36. The summed E-state index contributed by atoms with van der Waals surface area (Å²) in [4.78, 5) is 15.4. The Bertz CT molecular complexity index is 853. The number of imidazole rings is 1. The van der Waals surface area contributed by atoms with E-state index in [9.17, 15) is 9.18 Å². The molecule has 1 heterocycles. The number of hydrogen-bond acceptors (Lipinski definition) is 2. The highest BCUT2D eigenvalue weighted by Crippen LogP contribution is 2.29. The molecule has 0 saturated heterocycles. The van der Waals surface area contributed by atoms with Crippen molar-refractivity contribution in [1.29, 1.82) is 0 Å². The molecule has 3 rings (SSSR count). The molecule has 0 aliphatic carbocycles. The number of para-hydroxylation sites is 1. The largest absolute Gasteiger partial charge is 0.478 e. The van der Waals surface area contributed by atoms with Crippen molar-refractivity contribution in [3.05, 3.63) is 58.6 Å². The molecule has 4 nitrogen and oxygen atoms in total. The molecule has 0 saturated carbocycles. The smallest absolute Gasteiger partial charge is 0.335 e. The van der Waals surface area contributed by atoms with Crippen LogP contribution in [0.5, 0.6) is 0 Å². The Labute approximate surface area is 124 Å². The highest BCUT2D eigenvalue weighted by molar-refractivity contribution is 6.32. The van der Waals surface area contributed by atoms with Crippen molar-refractivity contribution in [2.45, 2.75) is 6.92 Å². The lowest BCUT2D eigenvalue weighted by Gasteiger charge is -2.10. The van der Waals surface area contributed by atoms with E-state index in [2.05, 4.69) is 4.98 Å². The number of benzene rings is 2. The Kier molecular flexibility index (Phi) is 3.14. The minimum Gasteiger partial charge on any atom is -0.478 e. The molecule has 0 radical (unpaired) electrons. The van der Waals surface area contributed by atoms with Gasteiger partial charge in [-0.15, -0.1) is 0 Å². The van der Waals surface area contributed by atoms with Crippen LogP contribution in [0.3, 0.4) is 0 Å². The third-order valence-corrected chi connectivity index (χ3v) is 3.54. The van der Waals surface area contributed by atoms with E-state index in [-0.39, 0.29) is 16.3 Å². The minimum atomic E-state index is -1.05. The Hall–Kier alpha value is -2.40. The summed E-state index contributed by atoms with van der Waals surface area (Å²) >= 11 is 6.09. The number of aromatic carboxylic acids is 1. The average Bonchev–Trinajstić information content (AvgIpc) is 2.74. The van der Waals surface area contributed by atoms with Crippen LogP contribution < -0.4 is 0 Å². The molecular weight excluding hydrogens is 295 g/mol. The molecule has 0 unspecified atom stereocenters. The molecule has 0 aliphatic heterocycles. The zero-order valence-electron chi connectivity index (χ0n) is 11.0. The van der Waals surface area contributed by atoms with E-state index in [1.807, 2.05) is 0 Å². The zero-order chi connectivity index (χ0) is 15.1. The van der Waals surface area contributed by atoms with Gasteiger partial charge < -0.3 is 5.11 Å². The van der Waals surface area contributed by atoms with Crippen LogP contribution in [0.25, 0.3) is 16.7 Å². The summed E-state index contributed by atoms with van der Waals surface area (Å²) in [5.74, 6) is -1.02. The summed E-state index contributed by atoms with van der Waals surface area (Å²) in [5, 5.41) is 9.33. The van der Waals surface area contributed by atoms with Crippen LogP contribution in [0.15, 0.2) is 36.4 Å². The molecule has 2 aromatic carbocycles.